The maximum Gasteiger partial charge on any atom is 0.258 e. The lowest BCUT2D eigenvalue weighted by Crippen LogP contribution is -2.56. The van der Waals surface area contributed by atoms with Gasteiger partial charge in [0.05, 0.1) is 36.9 Å². The fourth-order valence-electron chi connectivity index (χ4n) is 3.30. The van der Waals surface area contributed by atoms with Gasteiger partial charge in [0.2, 0.25) is 5.88 Å². The molecule has 3 aromatic rings. The maximum atomic E-state index is 13.2. The molecule has 2 heterocycles. The van der Waals surface area contributed by atoms with Crippen LogP contribution >= 0.6 is 0 Å². The molecular weight excluding hydrogens is 354 g/mol. The van der Waals surface area contributed by atoms with E-state index >= 15 is 0 Å². The summed E-state index contributed by atoms with van der Waals surface area (Å²) >= 11 is 0. The van der Waals surface area contributed by atoms with Crippen LogP contribution in [0.3, 0.4) is 0 Å². The van der Waals surface area contributed by atoms with E-state index in [1.165, 1.54) is 0 Å². The van der Waals surface area contributed by atoms with Gasteiger partial charge in [0.25, 0.3) is 5.91 Å². The first-order valence-electron chi connectivity index (χ1n) is 9.16. The van der Waals surface area contributed by atoms with Crippen LogP contribution < -0.4 is 9.47 Å². The zero-order valence-electron chi connectivity index (χ0n) is 15.5. The molecule has 6 nitrogen and oxygen atoms in total. The minimum atomic E-state index is -0.143. The Kier molecular flexibility index (Phi) is 4.81. The molecular formula is C22H19N3O3. The van der Waals surface area contributed by atoms with Gasteiger partial charge in [-0.1, -0.05) is 30.3 Å². The monoisotopic (exact) mass is 373 g/mol. The summed E-state index contributed by atoms with van der Waals surface area (Å²) in [5, 5.41) is 10.8. The molecule has 0 unspecified atom stereocenters. The van der Waals surface area contributed by atoms with Crippen LogP contribution in [-0.2, 0) is 0 Å². The Hall–Kier alpha value is -3.59. The van der Waals surface area contributed by atoms with Gasteiger partial charge >= 0.3 is 0 Å². The summed E-state index contributed by atoms with van der Waals surface area (Å²) in [5.41, 5.74) is 1.08. The van der Waals surface area contributed by atoms with Crippen LogP contribution in [0.1, 0.15) is 22.8 Å². The maximum absolute atomic E-state index is 13.2. The number of nitriles is 1. The molecule has 0 radical (unpaired) electrons. The van der Waals surface area contributed by atoms with Gasteiger partial charge in [0.1, 0.15) is 11.9 Å². The highest BCUT2D eigenvalue weighted by molar-refractivity contribution is 6.09. The third-order valence-corrected chi connectivity index (χ3v) is 4.69. The molecule has 0 aliphatic carbocycles. The Balaban J connectivity index is 1.52. The second kappa shape index (κ2) is 7.57. The van der Waals surface area contributed by atoms with Gasteiger partial charge in [-0.05, 0) is 29.8 Å². The van der Waals surface area contributed by atoms with Crippen molar-refractivity contribution < 1.29 is 14.3 Å². The van der Waals surface area contributed by atoms with Crippen molar-refractivity contribution in [1.82, 2.24) is 9.88 Å². The number of carbonyl (C=O) groups excluding carboxylic acids is 1. The molecule has 1 aromatic heterocycles. The Morgan fingerprint density at radius 2 is 2.07 bits per heavy atom. The molecule has 1 aliphatic heterocycles. The van der Waals surface area contributed by atoms with Gasteiger partial charge in [-0.3, -0.25) is 4.79 Å². The van der Waals surface area contributed by atoms with Crippen LogP contribution in [0.15, 0.2) is 54.7 Å². The number of likely N-dealkylation sites (tertiary alicyclic amines) is 1. The standard InChI is InChI=1S/C22H19N3O3/c1-2-27-19-8-7-16-5-3-4-6-18(16)21(19)22(26)25-13-17(14-25)28-20-11-15(12-23)9-10-24-20/h3-11,17H,2,13-14H2,1H3. The highest BCUT2D eigenvalue weighted by Crippen LogP contribution is 2.31. The summed E-state index contributed by atoms with van der Waals surface area (Å²) in [4.78, 5) is 19.0. The number of fused-ring (bicyclic) bond motifs is 1. The summed E-state index contributed by atoms with van der Waals surface area (Å²) in [6, 6.07) is 16.9. The lowest BCUT2D eigenvalue weighted by atomic mass is 10.0. The van der Waals surface area contributed by atoms with Crippen LogP contribution in [0.4, 0.5) is 0 Å². The fourth-order valence-corrected chi connectivity index (χ4v) is 3.30. The van der Waals surface area contributed by atoms with E-state index in [0.29, 0.717) is 42.5 Å². The molecule has 1 saturated heterocycles. The average molecular weight is 373 g/mol. The summed E-state index contributed by atoms with van der Waals surface area (Å²) in [5.74, 6) is 0.925. The molecule has 1 aliphatic rings. The second-order valence-electron chi connectivity index (χ2n) is 6.54. The Labute approximate surface area is 162 Å². The minimum Gasteiger partial charge on any atom is -0.493 e. The Bertz CT molecular complexity index is 1070. The van der Waals surface area contributed by atoms with Crippen molar-refractivity contribution in [3.05, 3.63) is 65.9 Å². The molecule has 1 fully saturated rings. The van der Waals surface area contributed by atoms with Crippen LogP contribution in [0, 0.1) is 11.3 Å². The number of hydrogen-bond acceptors (Lipinski definition) is 5. The summed E-state index contributed by atoms with van der Waals surface area (Å²) in [6.07, 6.45) is 1.40. The molecule has 140 valence electrons. The molecule has 6 heteroatoms. The van der Waals surface area contributed by atoms with Crippen LogP contribution in [-0.4, -0.2) is 41.6 Å². The lowest BCUT2D eigenvalue weighted by Gasteiger charge is -2.39. The first kappa shape index (κ1) is 17.8. The van der Waals surface area contributed by atoms with E-state index in [4.69, 9.17) is 14.7 Å². The zero-order valence-corrected chi connectivity index (χ0v) is 15.5. The van der Waals surface area contributed by atoms with Gasteiger partial charge in [0, 0.05) is 12.3 Å². The molecule has 0 atom stereocenters. The van der Waals surface area contributed by atoms with Crippen LogP contribution in [0.5, 0.6) is 11.6 Å². The van der Waals surface area contributed by atoms with Crippen molar-refractivity contribution in [3.8, 4) is 17.7 Å². The van der Waals surface area contributed by atoms with Gasteiger partial charge in [-0.15, -0.1) is 0 Å². The normalized spacial score (nSPS) is 13.6. The summed E-state index contributed by atoms with van der Waals surface area (Å²) in [6.45, 7) is 3.32. The quantitative estimate of drug-likeness (QED) is 0.685. The predicted molar refractivity (Wildman–Crippen MR) is 104 cm³/mol. The first-order valence-corrected chi connectivity index (χ1v) is 9.16. The van der Waals surface area contributed by atoms with Crippen molar-refractivity contribution in [1.29, 1.82) is 5.26 Å². The topological polar surface area (TPSA) is 75.4 Å². The van der Waals surface area contributed by atoms with Crippen molar-refractivity contribution in [3.63, 3.8) is 0 Å². The van der Waals surface area contributed by atoms with Crippen LogP contribution in [0.2, 0.25) is 0 Å². The Morgan fingerprint density at radius 3 is 2.86 bits per heavy atom. The van der Waals surface area contributed by atoms with Gasteiger partial charge in [0.15, 0.2) is 0 Å². The van der Waals surface area contributed by atoms with Crippen molar-refractivity contribution in [2.75, 3.05) is 19.7 Å². The number of carbonyl (C=O) groups is 1. The number of rotatable bonds is 5. The second-order valence-corrected chi connectivity index (χ2v) is 6.54. The molecule has 1 amide bonds. The summed E-state index contributed by atoms with van der Waals surface area (Å²) in [7, 11) is 0. The highest BCUT2D eigenvalue weighted by atomic mass is 16.5. The molecule has 0 saturated carbocycles. The third kappa shape index (κ3) is 3.35. The Morgan fingerprint density at radius 1 is 1.25 bits per heavy atom. The number of benzene rings is 2. The number of nitrogens with zero attached hydrogens (tertiary/aromatic N) is 3. The molecule has 2 aromatic carbocycles. The minimum absolute atomic E-state index is 0.0705. The van der Waals surface area contributed by atoms with Crippen molar-refractivity contribution >= 4 is 16.7 Å². The summed E-state index contributed by atoms with van der Waals surface area (Å²) < 4.78 is 11.5. The molecule has 28 heavy (non-hydrogen) atoms. The van der Waals surface area contributed by atoms with Gasteiger partial charge in [-0.25, -0.2) is 4.98 Å². The van der Waals surface area contributed by atoms with Gasteiger partial charge < -0.3 is 14.4 Å². The van der Waals surface area contributed by atoms with Crippen molar-refractivity contribution in [2.24, 2.45) is 0 Å². The number of hydrogen-bond donors (Lipinski definition) is 0. The van der Waals surface area contributed by atoms with Gasteiger partial charge in [-0.2, -0.15) is 5.26 Å². The first-order chi connectivity index (χ1) is 13.7. The van der Waals surface area contributed by atoms with E-state index in [2.05, 4.69) is 11.1 Å². The smallest absolute Gasteiger partial charge is 0.258 e. The SMILES string of the molecule is CCOc1ccc2ccccc2c1C(=O)N1CC(Oc2cc(C#N)ccn2)C1. The highest BCUT2D eigenvalue weighted by Gasteiger charge is 2.35. The number of ether oxygens (including phenoxy) is 2. The average Bonchev–Trinajstić information content (AvgIpc) is 2.70. The molecule has 4 rings (SSSR count). The van der Waals surface area contributed by atoms with E-state index in [0.717, 1.165) is 10.8 Å². The largest absolute Gasteiger partial charge is 0.493 e. The predicted octanol–water partition coefficient (Wildman–Crippen LogP) is 3.41. The number of amides is 1. The van der Waals surface area contributed by atoms with E-state index in [1.54, 1.807) is 23.2 Å². The third-order valence-electron chi connectivity index (χ3n) is 4.69. The fraction of sp³-hybridized carbons (Fsp3) is 0.227. The van der Waals surface area contributed by atoms with E-state index in [9.17, 15) is 4.79 Å². The number of aromatic nitrogens is 1. The number of pyridine rings is 1. The van der Waals surface area contributed by atoms with E-state index in [-0.39, 0.29) is 12.0 Å². The van der Waals surface area contributed by atoms with Crippen molar-refractivity contribution in [2.45, 2.75) is 13.0 Å². The molecule has 0 spiro atoms. The lowest BCUT2D eigenvalue weighted by molar-refractivity contribution is 0.0159. The van der Waals surface area contributed by atoms with E-state index < -0.39 is 0 Å². The molecule has 0 bridgehead atoms. The zero-order chi connectivity index (χ0) is 19.5. The van der Waals surface area contributed by atoms with E-state index in [1.807, 2.05) is 43.3 Å². The van der Waals surface area contributed by atoms with Crippen LogP contribution in [0.25, 0.3) is 10.8 Å². The molecule has 0 N–H and O–H groups in total.